The summed E-state index contributed by atoms with van der Waals surface area (Å²) >= 11 is 11.8. The first-order valence-electron chi connectivity index (χ1n) is 4.54. The Bertz CT molecular complexity index is 434. The largest absolute Gasteiger partial charge is 0.372 e. The number of benzene rings is 1. The molecule has 1 atom stereocenters. The number of carbonyl (C=O) groups is 1. The minimum Gasteiger partial charge on any atom is -0.372 e. The molecular weight excluding hydrogens is 235 g/mol. The number of halogens is 2. The van der Waals surface area contributed by atoms with E-state index in [1.54, 1.807) is 24.1 Å². The number of amides is 1. The molecule has 2 rings (SSSR count). The Balaban J connectivity index is 2.56. The molecule has 5 heteroatoms. The first-order valence-corrected chi connectivity index (χ1v) is 5.29. The number of anilines is 2. The Morgan fingerprint density at radius 2 is 1.93 bits per heavy atom. The van der Waals surface area contributed by atoms with Crippen molar-refractivity contribution in [2.45, 2.75) is 13.0 Å². The fourth-order valence-electron chi connectivity index (χ4n) is 1.63. The highest BCUT2D eigenvalue weighted by Crippen LogP contribution is 2.37. The number of likely N-dealkylation sites (N-methyl/N-ethyl adjacent to an activating group) is 1. The molecule has 1 heterocycles. The van der Waals surface area contributed by atoms with Crippen LogP contribution in [0, 0.1) is 0 Å². The zero-order valence-electron chi connectivity index (χ0n) is 8.34. The van der Waals surface area contributed by atoms with Gasteiger partial charge in [0.1, 0.15) is 6.04 Å². The minimum atomic E-state index is -0.236. The van der Waals surface area contributed by atoms with E-state index in [0.717, 1.165) is 11.4 Å². The molecule has 0 spiro atoms. The van der Waals surface area contributed by atoms with Crippen molar-refractivity contribution < 1.29 is 4.79 Å². The van der Waals surface area contributed by atoms with Gasteiger partial charge >= 0.3 is 0 Å². The highest BCUT2D eigenvalue weighted by Gasteiger charge is 2.27. The van der Waals surface area contributed by atoms with Crippen LogP contribution in [0.25, 0.3) is 0 Å². The Labute approximate surface area is 98.0 Å². The Morgan fingerprint density at radius 3 is 2.60 bits per heavy atom. The fourth-order valence-corrected chi connectivity index (χ4v) is 1.96. The van der Waals surface area contributed by atoms with Gasteiger partial charge in [0.05, 0.1) is 21.4 Å². The third-order valence-corrected chi connectivity index (χ3v) is 3.20. The second-order valence-electron chi connectivity index (χ2n) is 3.55. The van der Waals surface area contributed by atoms with Crippen LogP contribution in [0.3, 0.4) is 0 Å². The van der Waals surface area contributed by atoms with Gasteiger partial charge in [-0.3, -0.25) is 4.79 Å². The lowest BCUT2D eigenvalue weighted by molar-refractivity contribution is -0.118. The van der Waals surface area contributed by atoms with Gasteiger partial charge in [-0.1, -0.05) is 23.2 Å². The van der Waals surface area contributed by atoms with Gasteiger partial charge in [0.25, 0.3) is 0 Å². The average Bonchev–Trinajstić information content (AvgIpc) is 2.19. The van der Waals surface area contributed by atoms with E-state index < -0.39 is 0 Å². The quantitative estimate of drug-likeness (QED) is 0.762. The van der Waals surface area contributed by atoms with Crippen LogP contribution in [0.15, 0.2) is 12.1 Å². The summed E-state index contributed by atoms with van der Waals surface area (Å²) in [5, 5.41) is 4.01. The maximum Gasteiger partial charge on any atom is 0.248 e. The number of nitrogens with zero attached hydrogens (tertiary/aromatic N) is 1. The van der Waals surface area contributed by atoms with E-state index in [-0.39, 0.29) is 11.9 Å². The molecule has 15 heavy (non-hydrogen) atoms. The summed E-state index contributed by atoms with van der Waals surface area (Å²) in [6, 6.07) is 3.19. The molecule has 0 saturated carbocycles. The summed E-state index contributed by atoms with van der Waals surface area (Å²) in [4.78, 5) is 13.3. The maximum atomic E-state index is 11.7. The van der Waals surface area contributed by atoms with E-state index >= 15 is 0 Å². The highest BCUT2D eigenvalue weighted by molar-refractivity contribution is 6.42. The minimum absolute atomic E-state index is 0.0147. The molecule has 0 unspecified atom stereocenters. The van der Waals surface area contributed by atoms with E-state index in [4.69, 9.17) is 23.2 Å². The second-order valence-corrected chi connectivity index (χ2v) is 4.36. The highest BCUT2D eigenvalue weighted by atomic mass is 35.5. The number of hydrogen-bond donors (Lipinski definition) is 1. The zero-order chi connectivity index (χ0) is 11.2. The smallest absolute Gasteiger partial charge is 0.248 e. The third kappa shape index (κ3) is 1.66. The van der Waals surface area contributed by atoms with Gasteiger partial charge in [0, 0.05) is 7.05 Å². The summed E-state index contributed by atoms with van der Waals surface area (Å²) in [6.07, 6.45) is 0. The molecular formula is C10H10Cl2N2O. The van der Waals surface area contributed by atoms with Crippen molar-refractivity contribution in [3.8, 4) is 0 Å². The second kappa shape index (κ2) is 3.58. The van der Waals surface area contributed by atoms with Gasteiger partial charge in [-0.05, 0) is 19.1 Å². The molecule has 1 aliphatic heterocycles. The number of rotatable bonds is 0. The standard InChI is InChI=1S/C10H10Cl2N2O/c1-5-10(15)14(2)9-4-7(12)6(11)3-8(9)13-5/h3-5,13H,1-2H3/t5-/m1/s1. The van der Waals surface area contributed by atoms with Gasteiger partial charge in [0.15, 0.2) is 0 Å². The Morgan fingerprint density at radius 1 is 1.33 bits per heavy atom. The van der Waals surface area contributed by atoms with Crippen LogP contribution in [-0.4, -0.2) is 19.0 Å². The lowest BCUT2D eigenvalue weighted by atomic mass is 10.1. The molecule has 0 bridgehead atoms. The lowest BCUT2D eigenvalue weighted by Crippen LogP contribution is -2.43. The molecule has 1 aromatic rings. The van der Waals surface area contributed by atoms with Crippen molar-refractivity contribution in [2.24, 2.45) is 0 Å². The van der Waals surface area contributed by atoms with Crippen LogP contribution >= 0.6 is 23.2 Å². The van der Waals surface area contributed by atoms with Crippen molar-refractivity contribution >= 4 is 40.5 Å². The summed E-state index contributed by atoms with van der Waals surface area (Å²) < 4.78 is 0. The van der Waals surface area contributed by atoms with E-state index in [2.05, 4.69) is 5.32 Å². The van der Waals surface area contributed by atoms with Gasteiger partial charge in [-0.15, -0.1) is 0 Å². The lowest BCUT2D eigenvalue weighted by Gasteiger charge is -2.31. The molecule has 1 aliphatic rings. The Hall–Kier alpha value is -0.930. The predicted octanol–water partition coefficient (Wildman–Crippen LogP) is 2.77. The van der Waals surface area contributed by atoms with Gasteiger partial charge in [-0.2, -0.15) is 0 Å². The summed E-state index contributed by atoms with van der Waals surface area (Å²) in [5.74, 6) is 0.0147. The van der Waals surface area contributed by atoms with E-state index in [1.807, 2.05) is 6.92 Å². The van der Waals surface area contributed by atoms with Crippen molar-refractivity contribution in [3.63, 3.8) is 0 Å². The molecule has 3 nitrogen and oxygen atoms in total. The molecule has 0 aliphatic carbocycles. The molecule has 0 aromatic heterocycles. The fraction of sp³-hybridized carbons (Fsp3) is 0.300. The molecule has 80 valence electrons. The summed E-state index contributed by atoms with van der Waals surface area (Å²) in [6.45, 7) is 1.81. The first kappa shape index (κ1) is 10.6. The normalized spacial score (nSPS) is 19.9. The Kier molecular flexibility index (Phi) is 2.52. The van der Waals surface area contributed by atoms with Crippen LogP contribution in [0.1, 0.15) is 6.92 Å². The van der Waals surface area contributed by atoms with Crippen molar-refractivity contribution in [2.75, 3.05) is 17.3 Å². The van der Waals surface area contributed by atoms with Gasteiger partial charge in [0.2, 0.25) is 5.91 Å². The van der Waals surface area contributed by atoms with E-state index in [1.165, 1.54) is 0 Å². The van der Waals surface area contributed by atoms with E-state index in [0.29, 0.717) is 10.0 Å². The number of fused-ring (bicyclic) bond motifs is 1. The number of nitrogens with one attached hydrogen (secondary N) is 1. The van der Waals surface area contributed by atoms with Crippen molar-refractivity contribution in [3.05, 3.63) is 22.2 Å². The van der Waals surface area contributed by atoms with Crippen LogP contribution in [-0.2, 0) is 4.79 Å². The van der Waals surface area contributed by atoms with Crippen molar-refractivity contribution in [1.29, 1.82) is 0 Å². The molecule has 0 radical (unpaired) electrons. The third-order valence-electron chi connectivity index (χ3n) is 2.47. The van der Waals surface area contributed by atoms with E-state index in [9.17, 15) is 4.79 Å². The molecule has 0 fully saturated rings. The van der Waals surface area contributed by atoms with Crippen molar-refractivity contribution in [1.82, 2.24) is 0 Å². The first-order chi connectivity index (χ1) is 7.00. The molecule has 1 aromatic carbocycles. The van der Waals surface area contributed by atoms with Gasteiger partial charge in [-0.25, -0.2) is 0 Å². The predicted molar refractivity (Wildman–Crippen MR) is 63.0 cm³/mol. The SMILES string of the molecule is C[C@H]1Nc2cc(Cl)c(Cl)cc2N(C)C1=O. The number of hydrogen-bond acceptors (Lipinski definition) is 2. The molecule has 0 saturated heterocycles. The summed E-state index contributed by atoms with van der Waals surface area (Å²) in [5.41, 5.74) is 1.59. The maximum absolute atomic E-state index is 11.7. The average molecular weight is 245 g/mol. The van der Waals surface area contributed by atoms with Crippen LogP contribution in [0.5, 0.6) is 0 Å². The van der Waals surface area contributed by atoms with Crippen LogP contribution in [0.2, 0.25) is 10.0 Å². The molecule has 1 N–H and O–H groups in total. The monoisotopic (exact) mass is 244 g/mol. The van der Waals surface area contributed by atoms with Gasteiger partial charge < -0.3 is 10.2 Å². The van der Waals surface area contributed by atoms with Crippen LogP contribution < -0.4 is 10.2 Å². The summed E-state index contributed by atoms with van der Waals surface area (Å²) in [7, 11) is 1.72. The molecule has 1 amide bonds. The zero-order valence-corrected chi connectivity index (χ0v) is 9.86. The topological polar surface area (TPSA) is 32.3 Å². The van der Waals surface area contributed by atoms with Crippen LogP contribution in [0.4, 0.5) is 11.4 Å². The number of carbonyl (C=O) groups excluding carboxylic acids is 1.